The molecule has 0 bridgehead atoms. The molecule has 0 amide bonds. The monoisotopic (exact) mass is 411 g/mol. The molecule has 1 heterocycles. The fraction of sp³-hybridized carbons (Fsp3) is 0.938. The molecule has 1 N–H and O–H groups in total. The maximum absolute atomic E-state index is 5.59. The minimum atomic E-state index is 0. The van der Waals surface area contributed by atoms with Crippen molar-refractivity contribution < 1.29 is 4.74 Å². The van der Waals surface area contributed by atoms with Crippen molar-refractivity contribution in [1.29, 1.82) is 0 Å². The average Bonchev–Trinajstić information content (AvgIpc) is 2.67. The molecule has 1 atom stereocenters. The van der Waals surface area contributed by atoms with E-state index in [9.17, 15) is 0 Å². The number of nitrogens with one attached hydrogen (secondary N) is 1. The zero-order chi connectivity index (χ0) is 15.4. The Bertz CT molecular complexity index is 337. The predicted molar refractivity (Wildman–Crippen MR) is 102 cm³/mol. The highest BCUT2D eigenvalue weighted by Gasteiger charge is 2.31. The fourth-order valence-corrected chi connectivity index (χ4v) is 2.59. The summed E-state index contributed by atoms with van der Waals surface area (Å²) < 4.78 is 5.59. The maximum Gasteiger partial charge on any atom is 0.194 e. The van der Waals surface area contributed by atoms with Crippen LogP contribution in [0.3, 0.4) is 0 Å². The van der Waals surface area contributed by atoms with Gasteiger partial charge in [-0.2, -0.15) is 0 Å². The second kappa shape index (κ2) is 8.56. The number of rotatable bonds is 4. The molecule has 1 aliphatic rings. The van der Waals surface area contributed by atoms with Crippen molar-refractivity contribution in [2.45, 2.75) is 54.1 Å². The molecule has 0 aromatic rings. The number of methoxy groups -OCH3 is 1. The molecule has 0 radical (unpaired) electrons. The van der Waals surface area contributed by atoms with Crippen LogP contribution < -0.4 is 5.32 Å². The van der Waals surface area contributed by atoms with Gasteiger partial charge in [0.2, 0.25) is 0 Å². The fourth-order valence-electron chi connectivity index (χ4n) is 2.59. The third kappa shape index (κ3) is 6.72. The van der Waals surface area contributed by atoms with Crippen molar-refractivity contribution in [1.82, 2.24) is 10.2 Å². The van der Waals surface area contributed by atoms with Gasteiger partial charge in [-0.1, -0.05) is 34.6 Å². The van der Waals surface area contributed by atoms with Crippen LogP contribution in [0.1, 0.15) is 48.0 Å². The Labute approximate surface area is 148 Å². The summed E-state index contributed by atoms with van der Waals surface area (Å²) in [4.78, 5) is 7.18. The van der Waals surface area contributed by atoms with E-state index in [1.165, 1.54) is 6.42 Å². The predicted octanol–water partition coefficient (Wildman–Crippen LogP) is 3.36. The Hall–Kier alpha value is -0.0400. The van der Waals surface area contributed by atoms with Gasteiger partial charge in [0.1, 0.15) is 0 Å². The van der Waals surface area contributed by atoms with Gasteiger partial charge in [-0.3, -0.25) is 4.99 Å². The van der Waals surface area contributed by atoms with Gasteiger partial charge in [0.25, 0.3) is 0 Å². The van der Waals surface area contributed by atoms with Crippen molar-refractivity contribution in [3.8, 4) is 0 Å². The first kappa shape index (κ1) is 21.0. The number of ether oxygens (including phenoxy) is 1. The molecule has 1 fully saturated rings. The summed E-state index contributed by atoms with van der Waals surface area (Å²) in [6.45, 7) is 17.1. The first-order valence-corrected chi connectivity index (χ1v) is 7.75. The van der Waals surface area contributed by atoms with Crippen molar-refractivity contribution in [2.24, 2.45) is 15.8 Å². The summed E-state index contributed by atoms with van der Waals surface area (Å²) in [5, 5.41) is 3.41. The zero-order valence-corrected chi connectivity index (χ0v) is 17.2. The highest BCUT2D eigenvalue weighted by Crippen LogP contribution is 2.29. The zero-order valence-electron chi connectivity index (χ0n) is 14.8. The molecule has 0 saturated carbocycles. The first-order chi connectivity index (χ1) is 9.19. The summed E-state index contributed by atoms with van der Waals surface area (Å²) >= 11 is 0. The van der Waals surface area contributed by atoms with E-state index in [1.54, 1.807) is 7.11 Å². The van der Waals surface area contributed by atoms with Gasteiger partial charge in [0.05, 0.1) is 12.6 Å². The molecular weight excluding hydrogens is 377 g/mol. The lowest BCUT2D eigenvalue weighted by Crippen LogP contribution is -2.42. The molecule has 0 aromatic heterocycles. The third-order valence-corrected chi connectivity index (χ3v) is 3.97. The average molecular weight is 411 g/mol. The van der Waals surface area contributed by atoms with E-state index in [0.29, 0.717) is 12.0 Å². The highest BCUT2D eigenvalue weighted by molar-refractivity contribution is 14.0. The number of aliphatic imine (C=N–C) groups is 1. The van der Waals surface area contributed by atoms with E-state index >= 15 is 0 Å². The van der Waals surface area contributed by atoms with Crippen LogP contribution >= 0.6 is 24.0 Å². The van der Waals surface area contributed by atoms with Crippen LogP contribution in [0.2, 0.25) is 0 Å². The lowest BCUT2D eigenvalue weighted by atomic mass is 9.89. The minimum Gasteiger partial charge on any atom is -0.379 e. The Morgan fingerprint density at radius 3 is 2.38 bits per heavy atom. The molecule has 1 aliphatic heterocycles. The highest BCUT2D eigenvalue weighted by atomic mass is 127. The number of hydrogen-bond acceptors (Lipinski definition) is 2. The second-order valence-corrected chi connectivity index (χ2v) is 7.62. The third-order valence-electron chi connectivity index (χ3n) is 3.97. The van der Waals surface area contributed by atoms with E-state index in [1.807, 2.05) is 0 Å². The lowest BCUT2D eigenvalue weighted by Gasteiger charge is -2.29. The van der Waals surface area contributed by atoms with Gasteiger partial charge >= 0.3 is 0 Å². The quantitative estimate of drug-likeness (QED) is 0.438. The van der Waals surface area contributed by atoms with Gasteiger partial charge < -0.3 is 15.0 Å². The van der Waals surface area contributed by atoms with Crippen molar-refractivity contribution in [2.75, 3.05) is 33.3 Å². The smallest absolute Gasteiger partial charge is 0.194 e. The molecule has 0 aromatic carbocycles. The molecule has 4 nitrogen and oxygen atoms in total. The van der Waals surface area contributed by atoms with Gasteiger partial charge in [-0.05, 0) is 24.2 Å². The van der Waals surface area contributed by atoms with Crippen LogP contribution in [0.4, 0.5) is 0 Å². The van der Waals surface area contributed by atoms with E-state index in [4.69, 9.17) is 9.73 Å². The van der Waals surface area contributed by atoms with Crippen LogP contribution in [0.5, 0.6) is 0 Å². The van der Waals surface area contributed by atoms with Crippen LogP contribution in [0, 0.1) is 10.8 Å². The van der Waals surface area contributed by atoms with Gasteiger partial charge in [0, 0.05) is 26.7 Å². The Balaban J connectivity index is 0.00000400. The van der Waals surface area contributed by atoms with Gasteiger partial charge in [0.15, 0.2) is 5.96 Å². The van der Waals surface area contributed by atoms with E-state index < -0.39 is 0 Å². The Kier molecular flexibility index (Phi) is 8.54. The molecule has 1 saturated heterocycles. The SMILES string of the molecule is CCNC(=NCC(OC)C(C)(C)C)N1CCC(C)(C)C1.I. The van der Waals surface area contributed by atoms with Crippen molar-refractivity contribution >= 4 is 29.9 Å². The minimum absolute atomic E-state index is 0. The van der Waals surface area contributed by atoms with Crippen LogP contribution in [0.15, 0.2) is 4.99 Å². The molecule has 5 heteroatoms. The van der Waals surface area contributed by atoms with E-state index in [-0.39, 0.29) is 35.5 Å². The Morgan fingerprint density at radius 1 is 1.38 bits per heavy atom. The normalized spacial score (nSPS) is 20.1. The molecule has 1 rings (SSSR count). The topological polar surface area (TPSA) is 36.9 Å². The number of hydrogen-bond donors (Lipinski definition) is 1. The van der Waals surface area contributed by atoms with E-state index in [0.717, 1.165) is 25.6 Å². The van der Waals surface area contributed by atoms with Crippen molar-refractivity contribution in [3.05, 3.63) is 0 Å². The number of guanidine groups is 1. The van der Waals surface area contributed by atoms with Crippen LogP contribution in [0.25, 0.3) is 0 Å². The summed E-state index contributed by atoms with van der Waals surface area (Å²) in [5.41, 5.74) is 0.501. The molecule has 1 unspecified atom stereocenters. The summed E-state index contributed by atoms with van der Waals surface area (Å²) in [5.74, 6) is 1.03. The number of likely N-dealkylation sites (tertiary alicyclic amines) is 1. The molecule has 0 spiro atoms. The van der Waals surface area contributed by atoms with Crippen LogP contribution in [-0.2, 0) is 4.74 Å². The number of halogens is 1. The van der Waals surface area contributed by atoms with Crippen LogP contribution in [-0.4, -0.2) is 50.3 Å². The van der Waals surface area contributed by atoms with Gasteiger partial charge in [-0.25, -0.2) is 0 Å². The second-order valence-electron chi connectivity index (χ2n) is 7.62. The van der Waals surface area contributed by atoms with Crippen molar-refractivity contribution in [3.63, 3.8) is 0 Å². The molecule has 21 heavy (non-hydrogen) atoms. The lowest BCUT2D eigenvalue weighted by molar-refractivity contribution is 0.0240. The van der Waals surface area contributed by atoms with E-state index in [2.05, 4.69) is 51.8 Å². The molecular formula is C16H34IN3O. The largest absolute Gasteiger partial charge is 0.379 e. The number of nitrogens with zero attached hydrogens (tertiary/aromatic N) is 2. The summed E-state index contributed by atoms with van der Waals surface area (Å²) in [6, 6.07) is 0. The Morgan fingerprint density at radius 2 is 2.00 bits per heavy atom. The molecule has 0 aliphatic carbocycles. The summed E-state index contributed by atoms with van der Waals surface area (Å²) in [6.07, 6.45) is 1.37. The first-order valence-electron chi connectivity index (χ1n) is 7.75. The standard InChI is InChI=1S/C16H33N3O.HI/c1-8-17-14(19-10-9-16(5,6)12-19)18-11-13(20-7)15(2,3)4;/h13H,8-12H2,1-7H3,(H,17,18);1H. The van der Waals surface area contributed by atoms with Gasteiger partial charge in [-0.15, -0.1) is 24.0 Å². The summed E-state index contributed by atoms with van der Waals surface area (Å²) in [7, 11) is 1.78. The maximum atomic E-state index is 5.59. The molecule has 126 valence electrons.